The lowest BCUT2D eigenvalue weighted by Crippen LogP contribution is -2.04. The number of hydrogen-bond acceptors (Lipinski definition) is 2. The standard InChI is InChI=1S/C14H12BrClFNO/c1-8(9-2-4-10(18)5-3-9)19-14-7-13(17)12(16)6-11(14)15/h2-8H,18H2,1H3. The normalized spacial score (nSPS) is 12.2. The molecule has 0 bridgehead atoms. The highest BCUT2D eigenvalue weighted by molar-refractivity contribution is 9.10. The average molecular weight is 345 g/mol. The van der Waals surface area contributed by atoms with E-state index in [1.54, 1.807) is 12.1 Å². The van der Waals surface area contributed by atoms with Crippen LogP contribution in [0.5, 0.6) is 5.75 Å². The van der Waals surface area contributed by atoms with Crippen molar-refractivity contribution in [2.24, 2.45) is 0 Å². The van der Waals surface area contributed by atoms with Gasteiger partial charge >= 0.3 is 0 Å². The molecule has 0 aliphatic rings. The summed E-state index contributed by atoms with van der Waals surface area (Å²) in [4.78, 5) is 0. The molecule has 5 heteroatoms. The average Bonchev–Trinajstić information content (AvgIpc) is 2.36. The van der Waals surface area contributed by atoms with Crippen molar-refractivity contribution in [2.75, 3.05) is 5.73 Å². The summed E-state index contributed by atoms with van der Waals surface area (Å²) in [5, 5.41) is 0.0550. The molecule has 1 unspecified atom stereocenters. The highest BCUT2D eigenvalue weighted by atomic mass is 79.9. The molecule has 2 aromatic rings. The van der Waals surface area contributed by atoms with Gasteiger partial charge in [-0.3, -0.25) is 0 Å². The molecule has 0 aliphatic heterocycles. The lowest BCUT2D eigenvalue weighted by Gasteiger charge is -2.16. The Labute approximate surface area is 124 Å². The lowest BCUT2D eigenvalue weighted by molar-refractivity contribution is 0.224. The fourth-order valence-electron chi connectivity index (χ4n) is 1.62. The molecule has 0 heterocycles. The molecule has 0 radical (unpaired) electrons. The molecule has 100 valence electrons. The van der Waals surface area contributed by atoms with Crippen molar-refractivity contribution < 1.29 is 9.13 Å². The number of ether oxygens (including phenoxy) is 1. The summed E-state index contributed by atoms with van der Waals surface area (Å²) in [5.41, 5.74) is 7.27. The van der Waals surface area contributed by atoms with Crippen LogP contribution < -0.4 is 10.5 Å². The van der Waals surface area contributed by atoms with Gasteiger partial charge in [-0.2, -0.15) is 0 Å². The van der Waals surface area contributed by atoms with E-state index in [9.17, 15) is 4.39 Å². The SMILES string of the molecule is CC(Oc1cc(F)c(Cl)cc1Br)c1ccc(N)cc1. The first kappa shape index (κ1) is 14.2. The molecule has 0 aliphatic carbocycles. The van der Waals surface area contributed by atoms with E-state index in [2.05, 4.69) is 15.9 Å². The molecule has 1 atom stereocenters. The van der Waals surface area contributed by atoms with Crippen LogP contribution in [0.25, 0.3) is 0 Å². The molecule has 2 N–H and O–H groups in total. The fourth-order valence-corrected chi connectivity index (χ4v) is 2.35. The van der Waals surface area contributed by atoms with Crippen LogP contribution in [0.15, 0.2) is 40.9 Å². The highest BCUT2D eigenvalue weighted by Crippen LogP contribution is 2.33. The van der Waals surface area contributed by atoms with Crippen molar-refractivity contribution >= 4 is 33.2 Å². The Hall–Kier alpha value is -1.26. The smallest absolute Gasteiger partial charge is 0.145 e. The molecule has 2 aromatic carbocycles. The number of hydrogen-bond donors (Lipinski definition) is 1. The van der Waals surface area contributed by atoms with Crippen molar-refractivity contribution in [3.63, 3.8) is 0 Å². The molecule has 0 saturated carbocycles. The summed E-state index contributed by atoms with van der Waals surface area (Å²) < 4.78 is 19.7. The van der Waals surface area contributed by atoms with Gasteiger partial charge in [0.1, 0.15) is 17.7 Å². The number of anilines is 1. The van der Waals surface area contributed by atoms with Crippen molar-refractivity contribution in [1.29, 1.82) is 0 Å². The van der Waals surface area contributed by atoms with Crippen molar-refractivity contribution in [1.82, 2.24) is 0 Å². The van der Waals surface area contributed by atoms with Gasteiger partial charge < -0.3 is 10.5 Å². The topological polar surface area (TPSA) is 35.2 Å². The largest absolute Gasteiger partial charge is 0.485 e. The summed E-state index contributed by atoms with van der Waals surface area (Å²) in [6.07, 6.45) is -0.225. The number of rotatable bonds is 3. The van der Waals surface area contributed by atoms with E-state index < -0.39 is 5.82 Å². The van der Waals surface area contributed by atoms with Gasteiger partial charge in [0, 0.05) is 11.8 Å². The summed E-state index contributed by atoms with van der Waals surface area (Å²) >= 11 is 8.98. The van der Waals surface area contributed by atoms with Gasteiger partial charge in [0.15, 0.2) is 0 Å². The highest BCUT2D eigenvalue weighted by Gasteiger charge is 2.12. The third-order valence-corrected chi connectivity index (χ3v) is 3.59. The van der Waals surface area contributed by atoms with E-state index in [4.69, 9.17) is 22.1 Å². The van der Waals surface area contributed by atoms with Crippen molar-refractivity contribution in [3.05, 3.63) is 57.3 Å². The van der Waals surface area contributed by atoms with Gasteiger partial charge in [0.2, 0.25) is 0 Å². The second kappa shape index (κ2) is 5.80. The van der Waals surface area contributed by atoms with Gasteiger partial charge in [-0.05, 0) is 46.6 Å². The van der Waals surface area contributed by atoms with Crippen molar-refractivity contribution in [3.8, 4) is 5.75 Å². The third-order valence-electron chi connectivity index (χ3n) is 2.68. The first-order chi connectivity index (χ1) is 8.97. The Kier molecular flexibility index (Phi) is 4.32. The summed E-state index contributed by atoms with van der Waals surface area (Å²) in [6.45, 7) is 1.88. The molecule has 2 nitrogen and oxygen atoms in total. The lowest BCUT2D eigenvalue weighted by atomic mass is 10.1. The molecule has 2 rings (SSSR count). The molecule has 0 spiro atoms. The van der Waals surface area contributed by atoms with E-state index in [1.807, 2.05) is 19.1 Å². The van der Waals surface area contributed by atoms with Crippen LogP contribution in [-0.2, 0) is 0 Å². The maximum atomic E-state index is 13.4. The Bertz CT molecular complexity index is 589. The molecular formula is C14H12BrClFNO. The van der Waals surface area contributed by atoms with Crippen LogP contribution in [0.1, 0.15) is 18.6 Å². The van der Waals surface area contributed by atoms with E-state index in [0.29, 0.717) is 15.9 Å². The Morgan fingerprint density at radius 2 is 1.89 bits per heavy atom. The molecule has 0 fully saturated rings. The van der Waals surface area contributed by atoms with E-state index in [1.165, 1.54) is 12.1 Å². The molecular weight excluding hydrogens is 333 g/mol. The van der Waals surface area contributed by atoms with Crippen LogP contribution in [0.3, 0.4) is 0 Å². The summed E-state index contributed by atoms with van der Waals surface area (Å²) in [7, 11) is 0. The summed E-state index contributed by atoms with van der Waals surface area (Å²) in [6, 6.07) is 10.1. The minimum atomic E-state index is -0.510. The number of benzene rings is 2. The second-order valence-electron chi connectivity index (χ2n) is 4.12. The second-order valence-corrected chi connectivity index (χ2v) is 5.39. The quantitative estimate of drug-likeness (QED) is 0.630. The van der Waals surface area contributed by atoms with Gasteiger partial charge in [-0.25, -0.2) is 4.39 Å². The Balaban J connectivity index is 2.21. The minimum Gasteiger partial charge on any atom is -0.485 e. The van der Waals surface area contributed by atoms with Crippen LogP contribution in [0, 0.1) is 5.82 Å². The maximum Gasteiger partial charge on any atom is 0.145 e. The fraction of sp³-hybridized carbons (Fsp3) is 0.143. The Morgan fingerprint density at radius 1 is 1.26 bits per heavy atom. The molecule has 0 amide bonds. The number of halogens is 3. The zero-order valence-corrected chi connectivity index (χ0v) is 12.5. The van der Waals surface area contributed by atoms with Gasteiger partial charge in [-0.1, -0.05) is 23.7 Å². The van der Waals surface area contributed by atoms with Gasteiger partial charge in [0.25, 0.3) is 0 Å². The van der Waals surface area contributed by atoms with Crippen LogP contribution in [0.2, 0.25) is 5.02 Å². The Morgan fingerprint density at radius 3 is 2.53 bits per heavy atom. The predicted molar refractivity (Wildman–Crippen MR) is 79.0 cm³/mol. The maximum absolute atomic E-state index is 13.4. The zero-order chi connectivity index (χ0) is 14.0. The van der Waals surface area contributed by atoms with Crippen molar-refractivity contribution in [2.45, 2.75) is 13.0 Å². The molecule has 0 saturated heterocycles. The van der Waals surface area contributed by atoms with Crippen LogP contribution in [-0.4, -0.2) is 0 Å². The first-order valence-electron chi connectivity index (χ1n) is 5.64. The third kappa shape index (κ3) is 3.39. The van der Waals surface area contributed by atoms with Gasteiger partial charge in [-0.15, -0.1) is 0 Å². The number of nitrogen functional groups attached to an aromatic ring is 1. The predicted octanol–water partition coefficient (Wildman–Crippen LogP) is 4.96. The number of nitrogens with two attached hydrogens (primary N) is 1. The summed E-state index contributed by atoms with van der Waals surface area (Å²) in [5.74, 6) is -0.101. The monoisotopic (exact) mass is 343 g/mol. The van der Waals surface area contributed by atoms with E-state index >= 15 is 0 Å². The van der Waals surface area contributed by atoms with Gasteiger partial charge in [0.05, 0.1) is 9.50 Å². The van der Waals surface area contributed by atoms with Crippen LogP contribution in [0.4, 0.5) is 10.1 Å². The molecule has 19 heavy (non-hydrogen) atoms. The molecule has 0 aromatic heterocycles. The zero-order valence-electron chi connectivity index (χ0n) is 10.2. The first-order valence-corrected chi connectivity index (χ1v) is 6.81. The minimum absolute atomic E-state index is 0.0550. The van der Waals surface area contributed by atoms with E-state index in [-0.39, 0.29) is 11.1 Å². The van der Waals surface area contributed by atoms with Crippen LogP contribution >= 0.6 is 27.5 Å². The van der Waals surface area contributed by atoms with E-state index in [0.717, 1.165) is 5.56 Å².